The number of hydrogen-bond donors (Lipinski definition) is 0. The molecule has 0 aliphatic carbocycles. The zero-order valence-electron chi connectivity index (χ0n) is 11.6. The number of unbranched alkanes of at least 4 members (excludes halogenated alkanes) is 2. The van der Waals surface area contributed by atoms with Gasteiger partial charge in [-0.25, -0.2) is 0 Å². The van der Waals surface area contributed by atoms with Gasteiger partial charge >= 0.3 is 0 Å². The van der Waals surface area contributed by atoms with Crippen LogP contribution < -0.4 is 0 Å². The summed E-state index contributed by atoms with van der Waals surface area (Å²) in [7, 11) is 0. The third kappa shape index (κ3) is 7.67. The van der Waals surface area contributed by atoms with Crippen LogP contribution in [-0.4, -0.2) is 29.4 Å². The third-order valence-corrected chi connectivity index (χ3v) is 3.70. The molecule has 0 aromatic heterocycles. The van der Waals surface area contributed by atoms with Gasteiger partial charge in [0.15, 0.2) is 0 Å². The van der Waals surface area contributed by atoms with Crippen LogP contribution in [0.25, 0.3) is 0 Å². The molecule has 16 heavy (non-hydrogen) atoms. The van der Waals surface area contributed by atoms with Crippen LogP contribution in [0.15, 0.2) is 0 Å². The lowest BCUT2D eigenvalue weighted by molar-refractivity contribution is 0.163. The van der Waals surface area contributed by atoms with Gasteiger partial charge in [-0.3, -0.25) is 0 Å². The zero-order chi connectivity index (χ0) is 12.4. The molecule has 0 rings (SSSR count). The van der Waals surface area contributed by atoms with Gasteiger partial charge in [-0.1, -0.05) is 50.0 Å². The summed E-state index contributed by atoms with van der Waals surface area (Å²) in [5.41, 5.74) is 0. The largest absolute Gasteiger partial charge is 0.300 e. The minimum absolute atomic E-state index is 0.789. The molecule has 0 aliphatic heterocycles. The van der Waals surface area contributed by atoms with Crippen LogP contribution in [0.5, 0.6) is 0 Å². The maximum atomic E-state index is 3.50. The molecular weight excluding hydrogens is 262 g/mol. The summed E-state index contributed by atoms with van der Waals surface area (Å²) in [6, 6.07) is 0.798. The third-order valence-electron chi connectivity index (χ3n) is 3.14. The maximum Gasteiger partial charge on any atom is 0.00901 e. The Bertz CT molecular complexity index is 144. The molecule has 0 N–H and O–H groups in total. The first-order chi connectivity index (χ1) is 7.65. The summed E-state index contributed by atoms with van der Waals surface area (Å²) >= 11 is 3.50. The lowest BCUT2D eigenvalue weighted by atomic mass is 10.1. The van der Waals surface area contributed by atoms with Gasteiger partial charge < -0.3 is 4.90 Å². The van der Waals surface area contributed by atoms with Crippen LogP contribution in [0.3, 0.4) is 0 Å². The van der Waals surface area contributed by atoms with Crippen molar-refractivity contribution in [2.45, 2.75) is 65.8 Å². The smallest absolute Gasteiger partial charge is 0.00901 e. The van der Waals surface area contributed by atoms with E-state index in [0.29, 0.717) is 0 Å². The van der Waals surface area contributed by atoms with Crippen molar-refractivity contribution in [1.29, 1.82) is 0 Å². The molecule has 0 aromatic carbocycles. The van der Waals surface area contributed by atoms with Gasteiger partial charge in [0.2, 0.25) is 0 Å². The average Bonchev–Trinajstić information content (AvgIpc) is 2.25. The second-order valence-electron chi connectivity index (χ2n) is 5.11. The van der Waals surface area contributed by atoms with Crippen LogP contribution in [0, 0.1) is 5.92 Å². The normalized spacial score (nSPS) is 12.0. The predicted octanol–water partition coefficient (Wildman–Crippen LogP) is 4.70. The zero-order valence-corrected chi connectivity index (χ0v) is 13.2. The molecule has 0 aliphatic rings. The fourth-order valence-electron chi connectivity index (χ4n) is 2.28. The molecule has 98 valence electrons. The molecule has 0 radical (unpaired) electrons. The van der Waals surface area contributed by atoms with E-state index in [4.69, 9.17) is 0 Å². The van der Waals surface area contributed by atoms with Crippen LogP contribution in [0.2, 0.25) is 0 Å². The van der Waals surface area contributed by atoms with E-state index in [-0.39, 0.29) is 0 Å². The highest BCUT2D eigenvalue weighted by atomic mass is 79.9. The van der Waals surface area contributed by atoms with E-state index in [1.165, 1.54) is 45.2 Å². The van der Waals surface area contributed by atoms with Gasteiger partial charge in [-0.15, -0.1) is 0 Å². The number of nitrogens with zero attached hydrogens (tertiary/aromatic N) is 1. The Kier molecular flexibility index (Phi) is 10.9. The maximum absolute atomic E-state index is 3.50. The molecule has 0 aromatic rings. The molecule has 0 spiro atoms. The molecule has 0 saturated carbocycles. The fraction of sp³-hybridized carbons (Fsp3) is 1.00. The Labute approximate surface area is 111 Å². The van der Waals surface area contributed by atoms with E-state index in [1.54, 1.807) is 0 Å². The Morgan fingerprint density at radius 2 is 1.62 bits per heavy atom. The molecular formula is C14H30BrN. The number of alkyl halides is 1. The second-order valence-corrected chi connectivity index (χ2v) is 5.90. The molecule has 0 heterocycles. The van der Waals surface area contributed by atoms with E-state index in [1.807, 2.05) is 0 Å². The summed E-state index contributed by atoms with van der Waals surface area (Å²) in [6.45, 7) is 11.8. The van der Waals surface area contributed by atoms with Crippen molar-refractivity contribution in [2.24, 2.45) is 5.92 Å². The van der Waals surface area contributed by atoms with Gasteiger partial charge in [0, 0.05) is 17.9 Å². The Balaban J connectivity index is 3.98. The van der Waals surface area contributed by atoms with Gasteiger partial charge in [0.1, 0.15) is 0 Å². The number of rotatable bonds is 10. The van der Waals surface area contributed by atoms with Crippen LogP contribution in [0.1, 0.15) is 59.8 Å². The highest BCUT2D eigenvalue weighted by Gasteiger charge is 2.15. The van der Waals surface area contributed by atoms with Gasteiger partial charge in [-0.05, 0) is 38.1 Å². The van der Waals surface area contributed by atoms with E-state index in [9.17, 15) is 0 Å². The minimum Gasteiger partial charge on any atom is -0.300 e. The number of hydrogen-bond acceptors (Lipinski definition) is 1. The van der Waals surface area contributed by atoms with E-state index in [2.05, 4.69) is 48.5 Å². The molecule has 0 saturated heterocycles. The Hall–Kier alpha value is 0.440. The molecule has 0 atom stereocenters. The lowest BCUT2D eigenvalue weighted by Crippen LogP contribution is -2.38. The average molecular weight is 292 g/mol. The lowest BCUT2D eigenvalue weighted by Gasteiger charge is -2.32. The van der Waals surface area contributed by atoms with Crippen molar-refractivity contribution in [3.05, 3.63) is 0 Å². The second kappa shape index (κ2) is 10.6. The van der Waals surface area contributed by atoms with Gasteiger partial charge in [0.25, 0.3) is 0 Å². The van der Waals surface area contributed by atoms with E-state index in [0.717, 1.165) is 17.3 Å². The molecule has 1 nitrogen and oxygen atoms in total. The molecule has 0 amide bonds. The summed E-state index contributed by atoms with van der Waals surface area (Å²) in [6.07, 6.45) is 6.62. The van der Waals surface area contributed by atoms with Crippen LogP contribution >= 0.6 is 15.9 Å². The molecule has 0 fully saturated rings. The monoisotopic (exact) mass is 291 g/mol. The van der Waals surface area contributed by atoms with E-state index >= 15 is 0 Å². The first-order valence-electron chi connectivity index (χ1n) is 6.95. The van der Waals surface area contributed by atoms with E-state index < -0.39 is 0 Å². The van der Waals surface area contributed by atoms with Crippen molar-refractivity contribution >= 4 is 15.9 Å². The Morgan fingerprint density at radius 1 is 1.00 bits per heavy atom. The van der Waals surface area contributed by atoms with Gasteiger partial charge in [-0.2, -0.15) is 0 Å². The summed E-state index contributed by atoms with van der Waals surface area (Å²) in [4.78, 5) is 2.71. The molecule has 0 bridgehead atoms. The van der Waals surface area contributed by atoms with Crippen molar-refractivity contribution in [1.82, 2.24) is 4.90 Å². The van der Waals surface area contributed by atoms with Crippen LogP contribution in [0.4, 0.5) is 0 Å². The van der Waals surface area contributed by atoms with Gasteiger partial charge in [0.05, 0.1) is 0 Å². The summed E-state index contributed by atoms with van der Waals surface area (Å²) in [5, 5.41) is 1.15. The SMILES string of the molecule is CCC(CC)N(CCCCCBr)CC(C)C. The standard InChI is InChI=1S/C14H30BrN/c1-5-14(6-2)16(12-13(3)4)11-9-7-8-10-15/h13-14H,5-12H2,1-4H3. The first kappa shape index (κ1) is 16.4. The fourth-order valence-corrected chi connectivity index (χ4v) is 2.68. The number of halogens is 1. The van der Waals surface area contributed by atoms with Crippen LogP contribution in [-0.2, 0) is 0 Å². The first-order valence-corrected chi connectivity index (χ1v) is 8.07. The quantitative estimate of drug-likeness (QED) is 0.417. The van der Waals surface area contributed by atoms with Crippen molar-refractivity contribution in [2.75, 3.05) is 18.4 Å². The van der Waals surface area contributed by atoms with Crippen molar-refractivity contribution in [3.63, 3.8) is 0 Å². The topological polar surface area (TPSA) is 3.24 Å². The molecule has 0 unspecified atom stereocenters. The summed E-state index contributed by atoms with van der Waals surface area (Å²) < 4.78 is 0. The summed E-state index contributed by atoms with van der Waals surface area (Å²) in [5.74, 6) is 0.789. The minimum atomic E-state index is 0.789. The Morgan fingerprint density at radius 3 is 2.06 bits per heavy atom. The van der Waals surface area contributed by atoms with Crippen molar-refractivity contribution < 1.29 is 0 Å². The molecule has 2 heteroatoms. The predicted molar refractivity (Wildman–Crippen MR) is 78.4 cm³/mol. The van der Waals surface area contributed by atoms with Crippen molar-refractivity contribution in [3.8, 4) is 0 Å². The highest BCUT2D eigenvalue weighted by molar-refractivity contribution is 9.09. The highest BCUT2D eigenvalue weighted by Crippen LogP contribution is 2.13.